The van der Waals surface area contributed by atoms with Crippen LogP contribution in [0.2, 0.25) is 0 Å². The SMILES string of the molecule is Cc1nc2cnc(Nc3ccnc(-c4cn(CC5CC5)nc4[N+](=O)[O-])n3)cc2n1C(C)C. The Bertz CT molecular complexity index is 1320. The lowest BCUT2D eigenvalue weighted by molar-refractivity contribution is -0.389. The van der Waals surface area contributed by atoms with Crippen molar-refractivity contribution in [3.05, 3.63) is 46.7 Å². The van der Waals surface area contributed by atoms with E-state index in [1.165, 1.54) is 0 Å². The van der Waals surface area contributed by atoms with E-state index in [9.17, 15) is 10.1 Å². The average molecular weight is 433 g/mol. The van der Waals surface area contributed by atoms with Crippen LogP contribution in [0, 0.1) is 23.0 Å². The van der Waals surface area contributed by atoms with Crippen LogP contribution in [0.15, 0.2) is 30.7 Å². The molecule has 0 aromatic carbocycles. The van der Waals surface area contributed by atoms with Crippen LogP contribution in [0.4, 0.5) is 17.5 Å². The van der Waals surface area contributed by atoms with Gasteiger partial charge in [0.25, 0.3) is 0 Å². The molecule has 4 aromatic heterocycles. The molecule has 0 radical (unpaired) electrons. The number of fused-ring (bicyclic) bond motifs is 1. The number of nitro groups is 1. The third kappa shape index (κ3) is 3.77. The highest BCUT2D eigenvalue weighted by Gasteiger charge is 2.28. The number of aryl methyl sites for hydroxylation is 1. The molecule has 0 aliphatic heterocycles. The molecule has 1 N–H and O–H groups in total. The Balaban J connectivity index is 1.47. The Kier molecular flexibility index (Phi) is 4.80. The fraction of sp³-hybridized carbons (Fsp3) is 0.381. The Morgan fingerprint density at radius 1 is 1.25 bits per heavy atom. The fourth-order valence-corrected chi connectivity index (χ4v) is 3.89. The molecule has 1 saturated carbocycles. The number of nitrogens with zero attached hydrogens (tertiary/aromatic N) is 8. The van der Waals surface area contributed by atoms with Gasteiger partial charge in [-0.15, -0.1) is 0 Å². The Morgan fingerprint density at radius 3 is 2.78 bits per heavy atom. The topological polar surface area (TPSA) is 129 Å². The summed E-state index contributed by atoms with van der Waals surface area (Å²) in [4.78, 5) is 28.8. The zero-order chi connectivity index (χ0) is 22.4. The zero-order valence-corrected chi connectivity index (χ0v) is 18.1. The van der Waals surface area contributed by atoms with Gasteiger partial charge < -0.3 is 20.0 Å². The van der Waals surface area contributed by atoms with Gasteiger partial charge in [0.05, 0.1) is 29.6 Å². The van der Waals surface area contributed by atoms with E-state index in [1.54, 1.807) is 29.3 Å². The van der Waals surface area contributed by atoms with Crippen molar-refractivity contribution >= 4 is 28.5 Å². The molecule has 164 valence electrons. The van der Waals surface area contributed by atoms with Crippen molar-refractivity contribution in [3.63, 3.8) is 0 Å². The summed E-state index contributed by atoms with van der Waals surface area (Å²) < 4.78 is 3.77. The van der Waals surface area contributed by atoms with Gasteiger partial charge in [-0.1, -0.05) is 0 Å². The van der Waals surface area contributed by atoms with Crippen LogP contribution in [0.25, 0.3) is 22.4 Å². The van der Waals surface area contributed by atoms with Crippen LogP contribution in [0.5, 0.6) is 0 Å². The molecule has 0 atom stereocenters. The first kappa shape index (κ1) is 20.0. The van der Waals surface area contributed by atoms with Crippen LogP contribution in [0.1, 0.15) is 38.6 Å². The standard InChI is InChI=1S/C21H23N9O2/c1-12(2)29-13(3)24-16-9-23-19(8-17(16)29)25-18-6-7-22-20(26-18)15-11-28(10-14-4-5-14)27-21(15)30(31)32/h6-9,11-12,14H,4-5,10H2,1-3H3,(H,22,23,25,26). The Morgan fingerprint density at radius 2 is 2.06 bits per heavy atom. The largest absolute Gasteiger partial charge is 0.401 e. The van der Waals surface area contributed by atoms with Crippen molar-refractivity contribution in [1.82, 2.24) is 34.3 Å². The summed E-state index contributed by atoms with van der Waals surface area (Å²) in [6.45, 7) is 6.86. The highest BCUT2D eigenvalue weighted by atomic mass is 16.6. The van der Waals surface area contributed by atoms with E-state index in [0.29, 0.717) is 29.7 Å². The minimum atomic E-state index is -0.493. The van der Waals surface area contributed by atoms with Crippen LogP contribution in [0.3, 0.4) is 0 Å². The molecular formula is C21H23N9O2. The first-order valence-corrected chi connectivity index (χ1v) is 10.6. The molecule has 11 heteroatoms. The summed E-state index contributed by atoms with van der Waals surface area (Å²) >= 11 is 0. The van der Waals surface area contributed by atoms with Crippen molar-refractivity contribution in [2.45, 2.75) is 46.2 Å². The van der Waals surface area contributed by atoms with Gasteiger partial charge in [-0.25, -0.2) is 19.9 Å². The number of pyridine rings is 1. The third-order valence-electron chi connectivity index (χ3n) is 5.48. The van der Waals surface area contributed by atoms with Gasteiger partial charge in [0.1, 0.15) is 28.5 Å². The highest BCUT2D eigenvalue weighted by molar-refractivity contribution is 5.79. The second-order valence-electron chi connectivity index (χ2n) is 8.36. The maximum absolute atomic E-state index is 11.5. The summed E-state index contributed by atoms with van der Waals surface area (Å²) in [7, 11) is 0. The molecule has 0 amide bonds. The predicted molar refractivity (Wildman–Crippen MR) is 119 cm³/mol. The third-order valence-corrected chi connectivity index (χ3v) is 5.48. The highest BCUT2D eigenvalue weighted by Crippen LogP contribution is 2.33. The van der Waals surface area contributed by atoms with Crippen LogP contribution < -0.4 is 5.32 Å². The molecule has 1 aliphatic rings. The van der Waals surface area contributed by atoms with Crippen molar-refractivity contribution in [2.24, 2.45) is 5.92 Å². The molecule has 0 saturated heterocycles. The molecule has 32 heavy (non-hydrogen) atoms. The minimum absolute atomic E-state index is 0.237. The lowest BCUT2D eigenvalue weighted by atomic mass is 10.3. The summed E-state index contributed by atoms with van der Waals surface area (Å²) in [5, 5.41) is 18.9. The maximum Gasteiger partial charge on any atom is 0.401 e. The molecule has 11 nitrogen and oxygen atoms in total. The first-order chi connectivity index (χ1) is 15.4. The smallest absolute Gasteiger partial charge is 0.358 e. The van der Waals surface area contributed by atoms with Crippen molar-refractivity contribution in [3.8, 4) is 11.4 Å². The molecule has 5 rings (SSSR count). The molecule has 4 heterocycles. The summed E-state index contributed by atoms with van der Waals surface area (Å²) in [5.74, 6) is 2.56. The number of anilines is 2. The fourth-order valence-electron chi connectivity index (χ4n) is 3.89. The van der Waals surface area contributed by atoms with E-state index in [2.05, 4.69) is 48.8 Å². The van der Waals surface area contributed by atoms with Crippen molar-refractivity contribution < 1.29 is 4.92 Å². The van der Waals surface area contributed by atoms with E-state index in [-0.39, 0.29) is 17.7 Å². The van der Waals surface area contributed by atoms with Gasteiger partial charge in [-0.2, -0.15) is 4.68 Å². The summed E-state index contributed by atoms with van der Waals surface area (Å²) in [6.07, 6.45) is 7.20. The maximum atomic E-state index is 11.5. The lowest BCUT2D eigenvalue weighted by Gasteiger charge is -2.11. The molecule has 0 unspecified atom stereocenters. The summed E-state index contributed by atoms with van der Waals surface area (Å²) in [5.41, 5.74) is 2.10. The number of imidazole rings is 1. The first-order valence-electron chi connectivity index (χ1n) is 10.6. The number of hydrogen-bond acceptors (Lipinski definition) is 8. The molecule has 4 aromatic rings. The van der Waals surface area contributed by atoms with E-state index < -0.39 is 4.92 Å². The van der Waals surface area contributed by atoms with Crippen LogP contribution >= 0.6 is 0 Å². The van der Waals surface area contributed by atoms with E-state index in [1.807, 2.05) is 13.0 Å². The van der Waals surface area contributed by atoms with Crippen LogP contribution in [-0.4, -0.2) is 39.2 Å². The van der Waals surface area contributed by atoms with Crippen LogP contribution in [-0.2, 0) is 6.54 Å². The summed E-state index contributed by atoms with van der Waals surface area (Å²) in [6, 6.07) is 3.88. The number of rotatable bonds is 7. The van der Waals surface area contributed by atoms with Gasteiger partial charge in [0.2, 0.25) is 0 Å². The van der Waals surface area contributed by atoms with Crippen molar-refractivity contribution in [2.75, 3.05) is 5.32 Å². The zero-order valence-electron chi connectivity index (χ0n) is 18.1. The van der Waals surface area contributed by atoms with E-state index in [0.717, 1.165) is 29.7 Å². The van der Waals surface area contributed by atoms with Gasteiger partial charge in [0.15, 0.2) is 5.82 Å². The predicted octanol–water partition coefficient (Wildman–Crippen LogP) is 4.04. The molecule has 1 aliphatic carbocycles. The van der Waals surface area contributed by atoms with Gasteiger partial charge in [0, 0.05) is 18.3 Å². The molecule has 0 bridgehead atoms. The van der Waals surface area contributed by atoms with E-state index >= 15 is 0 Å². The number of aromatic nitrogens is 7. The second-order valence-corrected chi connectivity index (χ2v) is 8.36. The molecular weight excluding hydrogens is 410 g/mol. The van der Waals surface area contributed by atoms with Gasteiger partial charge in [-0.05, 0) is 50.5 Å². The van der Waals surface area contributed by atoms with Gasteiger partial charge in [-0.3, -0.25) is 0 Å². The number of hydrogen-bond donors (Lipinski definition) is 1. The van der Waals surface area contributed by atoms with E-state index in [4.69, 9.17) is 0 Å². The monoisotopic (exact) mass is 433 g/mol. The molecule has 1 fully saturated rings. The average Bonchev–Trinajstić information content (AvgIpc) is 3.34. The molecule has 0 spiro atoms. The second kappa shape index (κ2) is 7.66. The lowest BCUT2D eigenvalue weighted by Crippen LogP contribution is -2.03. The Labute approximate surface area is 183 Å². The minimum Gasteiger partial charge on any atom is -0.358 e. The quantitative estimate of drug-likeness (QED) is 0.341. The normalized spacial score (nSPS) is 13.8. The van der Waals surface area contributed by atoms with Gasteiger partial charge >= 0.3 is 5.82 Å². The number of nitrogens with one attached hydrogen (secondary N) is 1. The Hall–Kier alpha value is -3.89. The van der Waals surface area contributed by atoms with Crippen molar-refractivity contribution in [1.29, 1.82) is 0 Å².